The lowest BCUT2D eigenvalue weighted by molar-refractivity contribution is 1.96. The summed E-state index contributed by atoms with van der Waals surface area (Å²) in [6.45, 7) is 0. The maximum absolute atomic E-state index is 4.93. The summed E-state index contributed by atoms with van der Waals surface area (Å²) in [7, 11) is 11.9. The molecule has 0 spiro atoms. The average Bonchev–Trinajstić information content (AvgIpc) is 1.65. The highest BCUT2D eigenvalue weighted by Crippen LogP contribution is 2.28. The quantitative estimate of drug-likeness (QED) is 0.493. The van der Waals surface area contributed by atoms with Crippen LogP contribution in [0.5, 0.6) is 0 Å². The van der Waals surface area contributed by atoms with Gasteiger partial charge >= 0.3 is 0 Å². The lowest BCUT2D eigenvalue weighted by Crippen LogP contribution is -1.55. The van der Waals surface area contributed by atoms with Gasteiger partial charge in [-0.2, -0.15) is 0 Å². The molecule has 52 valence electrons. The molecule has 0 bridgehead atoms. The van der Waals surface area contributed by atoms with Crippen LogP contribution < -0.4 is 0 Å². The molecule has 0 saturated heterocycles. The summed E-state index contributed by atoms with van der Waals surface area (Å²) in [6.07, 6.45) is 0. The molecule has 0 aromatic carbocycles. The molecule has 8 heavy (non-hydrogen) atoms. The highest BCUT2D eigenvalue weighted by atomic mass is 35.8. The zero-order valence-corrected chi connectivity index (χ0v) is 8.70. The fourth-order valence-electron chi connectivity index (χ4n) is 0. The van der Waals surface area contributed by atoms with Gasteiger partial charge in [-0.3, -0.25) is 0 Å². The molecule has 0 aliphatic carbocycles. The Kier molecular flexibility index (Phi) is 19.0. The molecule has 0 saturated carbocycles. The molecule has 0 heterocycles. The fraction of sp³-hybridized carbons (Fsp3) is 1.00. The van der Waals surface area contributed by atoms with Gasteiger partial charge in [-0.05, 0) is 21.4 Å². The van der Waals surface area contributed by atoms with Crippen molar-refractivity contribution in [2.24, 2.45) is 0 Å². The van der Waals surface area contributed by atoms with Gasteiger partial charge < -0.3 is 0 Å². The van der Waals surface area contributed by atoms with Crippen molar-refractivity contribution in [3.05, 3.63) is 0 Å². The molecule has 0 unspecified atom stereocenters. The van der Waals surface area contributed by atoms with Crippen LogP contribution in [0.25, 0.3) is 0 Å². The minimum absolute atomic E-state index is 0.750. The van der Waals surface area contributed by atoms with Crippen molar-refractivity contribution >= 4 is 76.2 Å². The smallest absolute Gasteiger partial charge is 0.0874 e. The van der Waals surface area contributed by atoms with Crippen LogP contribution in [0.2, 0.25) is 0 Å². The first kappa shape index (κ1) is 12.8. The van der Waals surface area contributed by atoms with Crippen molar-refractivity contribution in [3.8, 4) is 0 Å². The monoisotopic (exact) mass is 252 g/mol. The molecule has 7 heteroatoms. The highest BCUT2D eigenvalue weighted by Gasteiger charge is 1.78. The summed E-state index contributed by atoms with van der Waals surface area (Å²) in [5.41, 5.74) is 0. The van der Waals surface area contributed by atoms with Crippen molar-refractivity contribution in [1.29, 1.82) is 0 Å². The summed E-state index contributed by atoms with van der Waals surface area (Å²) in [6, 6.07) is 0. The Labute approximate surface area is 79.9 Å². The zero-order valence-electron chi connectivity index (χ0n) is 3.28. The first-order valence-electron chi connectivity index (χ1n) is 1.13. The van der Waals surface area contributed by atoms with E-state index in [1.807, 2.05) is 0 Å². The van der Waals surface area contributed by atoms with Gasteiger partial charge in [0.15, 0.2) is 4.30 Å². The summed E-state index contributed by atoms with van der Waals surface area (Å²) >= 11 is 14.4. The van der Waals surface area contributed by atoms with E-state index >= 15 is 0 Å². The summed E-state index contributed by atoms with van der Waals surface area (Å²) in [4.78, 5) is 0. The minimum Gasteiger partial charge on any atom is -0.0874 e. The van der Waals surface area contributed by atoms with Crippen molar-refractivity contribution in [1.82, 2.24) is 0 Å². The first-order valence-corrected chi connectivity index (χ1v) is 6.24. The number of hydrogen-bond donors (Lipinski definition) is 0. The molecule has 0 atom stereocenters. The second-order valence-electron chi connectivity index (χ2n) is 0.373. The summed E-state index contributed by atoms with van der Waals surface area (Å²) in [5.74, 6) is 0. The largest absolute Gasteiger partial charge is 0.180 e. The van der Waals surface area contributed by atoms with Gasteiger partial charge in [0.1, 0.15) is 0 Å². The third-order valence-corrected chi connectivity index (χ3v) is 1.93. The third kappa shape index (κ3) is 42.0. The number of rotatable bonds is 1. The Hall–Kier alpha value is 2.15. The molecular formula is CHCl5S2. The molecular weight excluding hydrogens is 253 g/mol. The third-order valence-electron chi connectivity index (χ3n) is 0.0238. The molecule has 0 aliphatic heterocycles. The second kappa shape index (κ2) is 11.9. The first-order chi connectivity index (χ1) is 3.65. The van der Waals surface area contributed by atoms with Gasteiger partial charge in [0.25, 0.3) is 0 Å². The van der Waals surface area contributed by atoms with E-state index in [2.05, 4.69) is 0 Å². The van der Waals surface area contributed by atoms with E-state index in [-0.39, 0.29) is 0 Å². The van der Waals surface area contributed by atoms with Crippen molar-refractivity contribution in [2.75, 3.05) is 0 Å². The normalized spacial score (nSPS) is 8.25. The van der Waals surface area contributed by atoms with E-state index in [9.17, 15) is 0 Å². The SMILES string of the molecule is ClC(Cl)Cl.ClSSCl. The van der Waals surface area contributed by atoms with Gasteiger partial charge in [0, 0.05) is 20.0 Å². The molecule has 0 N–H and O–H groups in total. The van der Waals surface area contributed by atoms with Crippen molar-refractivity contribution in [3.63, 3.8) is 0 Å². The molecule has 0 aliphatic rings. The van der Waals surface area contributed by atoms with Crippen LogP contribution >= 0.6 is 76.2 Å². The van der Waals surface area contributed by atoms with Crippen molar-refractivity contribution < 1.29 is 0 Å². The van der Waals surface area contributed by atoms with E-state index < -0.39 is 4.30 Å². The lowest BCUT2D eigenvalue weighted by Gasteiger charge is -1.69. The van der Waals surface area contributed by atoms with Gasteiger partial charge in [0.05, 0.1) is 0 Å². The molecule has 0 radical (unpaired) electrons. The fourth-order valence-corrected chi connectivity index (χ4v) is 0. The maximum Gasteiger partial charge on any atom is 0.180 e. The number of halogens is 5. The standard InChI is InChI=1S/CHCl3.Cl2S2/c2-1(3)4;1-3-4-2/h1H;. The van der Waals surface area contributed by atoms with Gasteiger partial charge in [-0.1, -0.05) is 34.8 Å². The number of hydrogen-bond acceptors (Lipinski definition) is 2. The predicted octanol–water partition coefficient (Wildman–Crippen LogP) is 4.66. The van der Waals surface area contributed by atoms with Crippen LogP contribution in [0.4, 0.5) is 0 Å². The van der Waals surface area contributed by atoms with Crippen LogP contribution in [0.1, 0.15) is 0 Å². The molecule has 0 nitrogen and oxygen atoms in total. The maximum atomic E-state index is 4.93. The topological polar surface area (TPSA) is 0 Å². The predicted molar refractivity (Wildman–Crippen MR) is 48.2 cm³/mol. The summed E-state index contributed by atoms with van der Waals surface area (Å²) in [5, 5.41) is 0. The lowest BCUT2D eigenvalue weighted by atomic mass is 11.9. The van der Waals surface area contributed by atoms with E-state index in [1.54, 1.807) is 0 Å². The highest BCUT2D eigenvalue weighted by molar-refractivity contribution is 8.92. The van der Waals surface area contributed by atoms with Crippen LogP contribution in [0, 0.1) is 0 Å². The molecule has 0 aromatic rings. The summed E-state index contributed by atoms with van der Waals surface area (Å²) < 4.78 is -0.750. The van der Waals surface area contributed by atoms with Crippen LogP contribution in [-0.4, -0.2) is 4.30 Å². The van der Waals surface area contributed by atoms with Crippen LogP contribution in [0.15, 0.2) is 0 Å². The zero-order chi connectivity index (χ0) is 6.99. The number of alkyl halides is 3. The van der Waals surface area contributed by atoms with E-state index in [4.69, 9.17) is 56.2 Å². The van der Waals surface area contributed by atoms with E-state index in [0.29, 0.717) is 0 Å². The molecule has 0 amide bonds. The second-order valence-corrected chi connectivity index (χ2v) is 5.63. The molecule has 0 aromatic heterocycles. The van der Waals surface area contributed by atoms with Gasteiger partial charge in [-0.15, -0.1) is 0 Å². The van der Waals surface area contributed by atoms with E-state index in [0.717, 1.165) is 20.0 Å². The van der Waals surface area contributed by atoms with Gasteiger partial charge in [-0.25, -0.2) is 0 Å². The van der Waals surface area contributed by atoms with Crippen LogP contribution in [0.3, 0.4) is 0 Å². The van der Waals surface area contributed by atoms with Gasteiger partial charge in [0.2, 0.25) is 0 Å². The Morgan fingerprint density at radius 3 is 1.00 bits per heavy atom. The Morgan fingerprint density at radius 1 is 0.875 bits per heavy atom. The Bertz CT molecular complexity index is 26.9. The minimum atomic E-state index is -0.750. The average molecular weight is 254 g/mol. The molecule has 0 fully saturated rings. The van der Waals surface area contributed by atoms with E-state index in [1.165, 1.54) is 0 Å². The van der Waals surface area contributed by atoms with Crippen LogP contribution in [-0.2, 0) is 0 Å². The van der Waals surface area contributed by atoms with Crippen molar-refractivity contribution in [2.45, 2.75) is 4.30 Å². The Balaban J connectivity index is 0. The Morgan fingerprint density at radius 2 is 1.00 bits per heavy atom. The molecule has 0 rings (SSSR count).